The van der Waals surface area contributed by atoms with Crippen molar-refractivity contribution in [3.63, 3.8) is 0 Å². The second-order valence-electron chi connectivity index (χ2n) is 9.93. The number of hydrogen-bond donors (Lipinski definition) is 2. The molecule has 1 amide bonds. The van der Waals surface area contributed by atoms with Crippen molar-refractivity contribution in [1.29, 1.82) is 0 Å². The molecule has 4 atom stereocenters. The summed E-state index contributed by atoms with van der Waals surface area (Å²) in [6.07, 6.45) is 1.14. The van der Waals surface area contributed by atoms with Gasteiger partial charge in [0.15, 0.2) is 0 Å². The molecular formula is C21H31N4O5-. The van der Waals surface area contributed by atoms with Gasteiger partial charge in [0.1, 0.15) is 12.2 Å². The van der Waals surface area contributed by atoms with Crippen LogP contribution in [0.25, 0.3) is 0 Å². The van der Waals surface area contributed by atoms with Crippen LogP contribution in [0.2, 0.25) is 0 Å². The second kappa shape index (κ2) is 8.47. The normalized spacial score (nSPS) is 26.3. The van der Waals surface area contributed by atoms with Crippen molar-refractivity contribution >= 4 is 17.8 Å². The Kier molecular flexibility index (Phi) is 6.33. The van der Waals surface area contributed by atoms with E-state index >= 15 is 0 Å². The second-order valence-corrected chi connectivity index (χ2v) is 9.93. The van der Waals surface area contributed by atoms with Gasteiger partial charge in [-0.15, -0.1) is 0 Å². The van der Waals surface area contributed by atoms with Crippen molar-refractivity contribution in [1.82, 2.24) is 15.3 Å². The molecule has 0 aliphatic carbocycles. The Balaban J connectivity index is 1.57. The number of aromatic nitrogens is 2. The molecule has 166 valence electrons. The largest absolute Gasteiger partial charge is 0.550 e. The molecule has 0 saturated carbocycles. The highest BCUT2D eigenvalue weighted by atomic mass is 16.6. The van der Waals surface area contributed by atoms with Crippen LogP contribution in [0.4, 0.5) is 5.95 Å². The van der Waals surface area contributed by atoms with Crippen LogP contribution in [0.3, 0.4) is 0 Å². The molecule has 0 radical (unpaired) electrons. The molecule has 9 heteroatoms. The lowest BCUT2D eigenvalue weighted by atomic mass is 9.85. The van der Waals surface area contributed by atoms with E-state index in [9.17, 15) is 14.7 Å². The van der Waals surface area contributed by atoms with E-state index in [4.69, 9.17) is 9.47 Å². The molecule has 0 spiro atoms. The summed E-state index contributed by atoms with van der Waals surface area (Å²) < 4.78 is 11.8. The Bertz CT molecular complexity index is 792. The van der Waals surface area contributed by atoms with E-state index < -0.39 is 11.4 Å². The number of hydrogen-bond acceptors (Lipinski definition) is 8. The fraction of sp³-hybridized carbons (Fsp3) is 0.714. The van der Waals surface area contributed by atoms with Crippen molar-refractivity contribution in [3.8, 4) is 0 Å². The van der Waals surface area contributed by atoms with Gasteiger partial charge in [0, 0.05) is 24.0 Å². The van der Waals surface area contributed by atoms with Gasteiger partial charge >= 0.3 is 0 Å². The quantitative estimate of drug-likeness (QED) is 0.650. The number of nitrogens with zero attached hydrogens (tertiary/aromatic N) is 2. The summed E-state index contributed by atoms with van der Waals surface area (Å²) in [5.74, 6) is -0.864. The first-order chi connectivity index (χ1) is 13.9. The van der Waals surface area contributed by atoms with Crippen molar-refractivity contribution < 1.29 is 24.2 Å². The predicted molar refractivity (Wildman–Crippen MR) is 108 cm³/mol. The number of ether oxygens (including phenoxy) is 2. The number of anilines is 1. The lowest BCUT2D eigenvalue weighted by Crippen LogP contribution is -2.46. The third kappa shape index (κ3) is 5.46. The molecule has 3 heterocycles. The first kappa shape index (κ1) is 22.4. The molecule has 2 N–H and O–H groups in total. The van der Waals surface area contributed by atoms with E-state index in [0.717, 1.165) is 5.69 Å². The van der Waals surface area contributed by atoms with Gasteiger partial charge in [-0.3, -0.25) is 4.79 Å². The van der Waals surface area contributed by atoms with Gasteiger partial charge in [-0.2, -0.15) is 0 Å². The van der Waals surface area contributed by atoms with Crippen LogP contribution in [0.5, 0.6) is 0 Å². The summed E-state index contributed by atoms with van der Waals surface area (Å²) in [7, 11) is 0. The van der Waals surface area contributed by atoms with Crippen LogP contribution in [0.1, 0.15) is 53.2 Å². The standard InChI is InChI=1S/C21H32N4O5/c1-20(2,3)14-6-7-22-19(25-14)24-13-11-30-17-12(10-29-18(13)17)23-15(26)8-21(4,5)9-16(27)28/h6-7,12-13,17-18H,8-11H2,1-5H3,(H,23,26)(H,27,28)(H,22,24,25)/p-1/t12-,13-,17+,18+/m0/s1. The fourth-order valence-corrected chi connectivity index (χ4v) is 3.90. The Labute approximate surface area is 177 Å². The minimum Gasteiger partial charge on any atom is -0.550 e. The molecule has 0 bridgehead atoms. The highest BCUT2D eigenvalue weighted by Crippen LogP contribution is 2.30. The van der Waals surface area contributed by atoms with E-state index in [2.05, 4.69) is 41.4 Å². The molecule has 9 nitrogen and oxygen atoms in total. The summed E-state index contributed by atoms with van der Waals surface area (Å²) in [5, 5.41) is 17.1. The van der Waals surface area contributed by atoms with Crippen LogP contribution >= 0.6 is 0 Å². The number of nitrogens with one attached hydrogen (secondary N) is 2. The predicted octanol–water partition coefficient (Wildman–Crippen LogP) is 0.393. The van der Waals surface area contributed by atoms with Crippen molar-refractivity contribution in [3.05, 3.63) is 18.0 Å². The number of carbonyl (C=O) groups is 2. The van der Waals surface area contributed by atoms with Crippen LogP contribution in [0.15, 0.2) is 12.3 Å². The smallest absolute Gasteiger partial charge is 0.223 e. The van der Waals surface area contributed by atoms with E-state index in [1.54, 1.807) is 20.0 Å². The first-order valence-electron chi connectivity index (χ1n) is 10.3. The average Bonchev–Trinajstić information content (AvgIpc) is 3.16. The van der Waals surface area contributed by atoms with E-state index in [0.29, 0.717) is 19.2 Å². The molecule has 2 aliphatic rings. The Hall–Kier alpha value is -2.26. The zero-order chi connectivity index (χ0) is 22.1. The number of carboxylic acid groups (broad SMARTS) is 1. The fourth-order valence-electron chi connectivity index (χ4n) is 3.90. The third-order valence-electron chi connectivity index (χ3n) is 5.40. The molecule has 30 heavy (non-hydrogen) atoms. The number of rotatable bonds is 7. The zero-order valence-corrected chi connectivity index (χ0v) is 18.2. The van der Waals surface area contributed by atoms with Gasteiger partial charge in [-0.25, -0.2) is 9.97 Å². The molecule has 0 unspecified atom stereocenters. The average molecular weight is 420 g/mol. The van der Waals surface area contributed by atoms with Crippen LogP contribution < -0.4 is 15.7 Å². The van der Waals surface area contributed by atoms with E-state index in [1.807, 2.05) is 6.07 Å². The maximum Gasteiger partial charge on any atom is 0.223 e. The molecule has 2 aliphatic heterocycles. The number of aliphatic carboxylic acids is 1. The van der Waals surface area contributed by atoms with E-state index in [1.165, 1.54) is 0 Å². The van der Waals surface area contributed by atoms with Gasteiger partial charge in [-0.1, -0.05) is 34.6 Å². The van der Waals surface area contributed by atoms with Crippen molar-refractivity contribution in [2.75, 3.05) is 18.5 Å². The SMILES string of the molecule is CC(C)(CC(=O)[O-])CC(=O)N[C@H]1CO[C@H]2[C@@H]1OC[C@@H]2Nc1nccc(C(C)(C)C)n1. The summed E-state index contributed by atoms with van der Waals surface area (Å²) in [5.41, 5.74) is 0.169. The Morgan fingerprint density at radius 2 is 1.73 bits per heavy atom. The van der Waals surface area contributed by atoms with Crippen LogP contribution in [-0.4, -0.2) is 59.3 Å². The van der Waals surface area contributed by atoms with Gasteiger partial charge in [0.2, 0.25) is 11.9 Å². The molecule has 2 fully saturated rings. The summed E-state index contributed by atoms with van der Waals surface area (Å²) >= 11 is 0. The number of carboxylic acids is 1. The van der Waals surface area contributed by atoms with Crippen LogP contribution in [-0.2, 0) is 24.5 Å². The lowest BCUT2D eigenvalue weighted by Gasteiger charge is -2.26. The van der Waals surface area contributed by atoms with Gasteiger partial charge in [0.25, 0.3) is 0 Å². The number of carbonyl (C=O) groups excluding carboxylic acids is 2. The Morgan fingerprint density at radius 1 is 1.10 bits per heavy atom. The summed E-state index contributed by atoms with van der Waals surface area (Å²) in [4.78, 5) is 32.2. The van der Waals surface area contributed by atoms with Gasteiger partial charge in [0.05, 0.1) is 31.0 Å². The van der Waals surface area contributed by atoms with E-state index in [-0.39, 0.29) is 48.5 Å². The molecule has 3 rings (SSSR count). The minimum absolute atomic E-state index is 0.0855. The zero-order valence-electron chi connectivity index (χ0n) is 18.2. The third-order valence-corrected chi connectivity index (χ3v) is 5.40. The first-order valence-corrected chi connectivity index (χ1v) is 10.3. The molecular weight excluding hydrogens is 388 g/mol. The Morgan fingerprint density at radius 3 is 2.37 bits per heavy atom. The van der Waals surface area contributed by atoms with Crippen LogP contribution in [0, 0.1) is 5.41 Å². The molecule has 0 aromatic carbocycles. The molecule has 1 aromatic rings. The number of amides is 1. The van der Waals surface area contributed by atoms with Gasteiger partial charge < -0.3 is 30.0 Å². The molecule has 1 aromatic heterocycles. The lowest BCUT2D eigenvalue weighted by molar-refractivity contribution is -0.307. The highest BCUT2D eigenvalue weighted by Gasteiger charge is 2.48. The number of fused-ring (bicyclic) bond motifs is 1. The summed E-state index contributed by atoms with van der Waals surface area (Å²) in [6.45, 7) is 10.5. The highest BCUT2D eigenvalue weighted by molar-refractivity contribution is 5.78. The summed E-state index contributed by atoms with van der Waals surface area (Å²) in [6, 6.07) is 1.50. The van der Waals surface area contributed by atoms with Crippen molar-refractivity contribution in [2.24, 2.45) is 5.41 Å². The maximum absolute atomic E-state index is 12.4. The maximum atomic E-state index is 12.4. The van der Waals surface area contributed by atoms with Crippen molar-refractivity contribution in [2.45, 2.75) is 77.2 Å². The molecule has 2 saturated heterocycles. The minimum atomic E-state index is -1.16. The monoisotopic (exact) mass is 419 g/mol. The topological polar surface area (TPSA) is 126 Å². The van der Waals surface area contributed by atoms with Gasteiger partial charge in [-0.05, 0) is 17.9 Å².